The minimum absolute atomic E-state index is 0.0256. The van der Waals surface area contributed by atoms with Crippen LogP contribution < -0.4 is 0 Å². The van der Waals surface area contributed by atoms with E-state index in [1.165, 1.54) is 23.1 Å². The third-order valence-electron chi connectivity index (χ3n) is 3.97. The highest BCUT2D eigenvalue weighted by Gasteiger charge is 2.23. The Labute approximate surface area is 149 Å². The Kier molecular flexibility index (Phi) is 4.67. The number of hydrogen-bond donors (Lipinski definition) is 0. The van der Waals surface area contributed by atoms with Crippen LogP contribution in [0, 0.1) is 10.1 Å². The number of amides is 1. The first-order valence-corrected chi connectivity index (χ1v) is 8.00. The molecule has 25 heavy (non-hydrogen) atoms. The van der Waals surface area contributed by atoms with Gasteiger partial charge in [0.05, 0.1) is 4.92 Å². The molecule has 5 nitrogen and oxygen atoms in total. The van der Waals surface area contributed by atoms with Gasteiger partial charge in [0.25, 0.3) is 11.6 Å². The van der Waals surface area contributed by atoms with Gasteiger partial charge in [0, 0.05) is 24.7 Å². The zero-order valence-electron chi connectivity index (χ0n) is 13.5. The molecule has 1 amide bonds. The summed E-state index contributed by atoms with van der Waals surface area (Å²) >= 11 is 5.80. The molecule has 0 aliphatic carbocycles. The molecule has 0 saturated heterocycles. The number of halogens is 1. The number of nitrogens with zero attached hydrogens (tertiary/aromatic N) is 2. The van der Waals surface area contributed by atoms with Crippen molar-refractivity contribution in [3.05, 3.63) is 86.9 Å². The fourth-order valence-electron chi connectivity index (χ4n) is 2.73. The van der Waals surface area contributed by atoms with Gasteiger partial charge in [-0.3, -0.25) is 14.9 Å². The zero-order valence-corrected chi connectivity index (χ0v) is 14.2. The summed E-state index contributed by atoms with van der Waals surface area (Å²) in [5, 5.41) is 13.6. The third kappa shape index (κ3) is 3.61. The zero-order chi connectivity index (χ0) is 18.0. The Morgan fingerprint density at radius 2 is 1.80 bits per heavy atom. The van der Waals surface area contributed by atoms with Crippen LogP contribution in [-0.4, -0.2) is 22.8 Å². The number of rotatable bonds is 4. The van der Waals surface area contributed by atoms with Gasteiger partial charge >= 0.3 is 0 Å². The van der Waals surface area contributed by atoms with Gasteiger partial charge in [-0.25, -0.2) is 0 Å². The van der Waals surface area contributed by atoms with Crippen LogP contribution in [0.5, 0.6) is 0 Å². The van der Waals surface area contributed by atoms with Crippen molar-refractivity contribution >= 4 is 34.0 Å². The standard InChI is InChI=1S/C19H15ClN2O3/c1-21(12-13-6-7-14-4-2-3-5-15(14)10-13)19(23)17-9-8-16(20)11-18(17)22(24)25/h2-11H,12H2,1H3. The summed E-state index contributed by atoms with van der Waals surface area (Å²) in [6.07, 6.45) is 0. The topological polar surface area (TPSA) is 63.5 Å². The molecule has 3 rings (SSSR count). The lowest BCUT2D eigenvalue weighted by Crippen LogP contribution is -2.26. The summed E-state index contributed by atoms with van der Waals surface area (Å²) in [4.78, 5) is 24.7. The quantitative estimate of drug-likeness (QED) is 0.505. The molecular formula is C19H15ClN2O3. The molecule has 0 heterocycles. The maximum Gasteiger partial charge on any atom is 0.283 e. The van der Waals surface area contributed by atoms with E-state index in [9.17, 15) is 14.9 Å². The average molecular weight is 355 g/mol. The third-order valence-corrected chi connectivity index (χ3v) is 4.20. The first kappa shape index (κ1) is 16.9. The van der Waals surface area contributed by atoms with Gasteiger partial charge in [-0.1, -0.05) is 48.0 Å². The van der Waals surface area contributed by atoms with Crippen molar-refractivity contribution in [2.45, 2.75) is 6.54 Å². The van der Waals surface area contributed by atoms with E-state index in [1.807, 2.05) is 42.5 Å². The highest BCUT2D eigenvalue weighted by Crippen LogP contribution is 2.25. The second-order valence-corrected chi connectivity index (χ2v) is 6.20. The Hall–Kier alpha value is -2.92. The van der Waals surface area contributed by atoms with E-state index in [1.54, 1.807) is 7.05 Å². The molecule has 0 unspecified atom stereocenters. The average Bonchev–Trinajstić information content (AvgIpc) is 2.60. The lowest BCUT2D eigenvalue weighted by molar-refractivity contribution is -0.385. The number of benzene rings is 3. The van der Waals surface area contributed by atoms with E-state index < -0.39 is 10.8 Å². The van der Waals surface area contributed by atoms with Gasteiger partial charge in [0.15, 0.2) is 0 Å². The predicted molar refractivity (Wildman–Crippen MR) is 97.9 cm³/mol. The molecule has 0 fully saturated rings. The van der Waals surface area contributed by atoms with Gasteiger partial charge in [-0.15, -0.1) is 0 Å². The fourth-order valence-corrected chi connectivity index (χ4v) is 2.89. The molecule has 0 N–H and O–H groups in total. The Balaban J connectivity index is 1.86. The summed E-state index contributed by atoms with van der Waals surface area (Å²) in [6, 6.07) is 18.0. The largest absolute Gasteiger partial charge is 0.337 e. The first-order chi connectivity index (χ1) is 12.0. The highest BCUT2D eigenvalue weighted by atomic mass is 35.5. The number of carbonyl (C=O) groups excluding carboxylic acids is 1. The molecule has 0 atom stereocenters. The molecule has 6 heteroatoms. The smallest absolute Gasteiger partial charge is 0.283 e. The summed E-state index contributed by atoms with van der Waals surface area (Å²) in [5.74, 6) is -0.420. The Morgan fingerprint density at radius 3 is 2.52 bits per heavy atom. The van der Waals surface area contributed by atoms with Crippen LogP contribution in [0.3, 0.4) is 0 Å². The maximum absolute atomic E-state index is 12.6. The molecule has 0 spiro atoms. The van der Waals surface area contributed by atoms with Crippen molar-refractivity contribution in [1.29, 1.82) is 0 Å². The second-order valence-electron chi connectivity index (χ2n) is 5.76. The number of hydrogen-bond acceptors (Lipinski definition) is 3. The number of fused-ring (bicyclic) bond motifs is 1. The molecule has 0 aromatic heterocycles. The van der Waals surface area contributed by atoms with Crippen LogP contribution in [0.1, 0.15) is 15.9 Å². The molecule has 0 saturated carbocycles. The summed E-state index contributed by atoms with van der Waals surface area (Å²) in [6.45, 7) is 0.351. The molecule has 0 aliphatic heterocycles. The SMILES string of the molecule is CN(Cc1ccc2ccccc2c1)C(=O)c1ccc(Cl)cc1[N+](=O)[O-]. The predicted octanol–water partition coefficient (Wildman–Crippen LogP) is 4.67. The van der Waals surface area contributed by atoms with Gasteiger partial charge in [0.2, 0.25) is 0 Å². The first-order valence-electron chi connectivity index (χ1n) is 7.63. The molecule has 126 valence electrons. The lowest BCUT2D eigenvalue weighted by Gasteiger charge is -2.18. The lowest BCUT2D eigenvalue weighted by atomic mass is 10.1. The Bertz CT molecular complexity index is 972. The van der Waals surface area contributed by atoms with Crippen LogP contribution >= 0.6 is 11.6 Å². The van der Waals surface area contributed by atoms with Crippen molar-refractivity contribution < 1.29 is 9.72 Å². The Morgan fingerprint density at radius 1 is 1.08 bits per heavy atom. The monoisotopic (exact) mass is 354 g/mol. The van der Waals surface area contributed by atoms with E-state index in [4.69, 9.17) is 11.6 Å². The minimum atomic E-state index is -0.594. The minimum Gasteiger partial charge on any atom is -0.337 e. The molecule has 0 aliphatic rings. The summed E-state index contributed by atoms with van der Waals surface area (Å²) < 4.78 is 0. The number of nitro benzene ring substituents is 1. The van der Waals surface area contributed by atoms with Crippen LogP contribution in [0.15, 0.2) is 60.7 Å². The van der Waals surface area contributed by atoms with E-state index in [0.29, 0.717) is 6.54 Å². The molecular weight excluding hydrogens is 340 g/mol. The molecule has 3 aromatic carbocycles. The second kappa shape index (κ2) is 6.91. The normalized spacial score (nSPS) is 10.6. The van der Waals surface area contributed by atoms with Crippen LogP contribution in [0.2, 0.25) is 5.02 Å². The van der Waals surface area contributed by atoms with Crippen LogP contribution in [0.4, 0.5) is 5.69 Å². The molecule has 0 radical (unpaired) electrons. The van der Waals surface area contributed by atoms with Gasteiger partial charge in [-0.05, 0) is 34.5 Å². The van der Waals surface area contributed by atoms with Gasteiger partial charge < -0.3 is 4.90 Å². The summed E-state index contributed by atoms with van der Waals surface area (Å²) in [7, 11) is 1.62. The van der Waals surface area contributed by atoms with Crippen molar-refractivity contribution in [2.24, 2.45) is 0 Å². The van der Waals surface area contributed by atoms with Crippen molar-refractivity contribution in [2.75, 3.05) is 7.05 Å². The van der Waals surface area contributed by atoms with Crippen molar-refractivity contribution in [3.8, 4) is 0 Å². The van der Waals surface area contributed by atoms with Crippen molar-refractivity contribution in [3.63, 3.8) is 0 Å². The van der Waals surface area contributed by atoms with E-state index in [2.05, 4.69) is 0 Å². The van der Waals surface area contributed by atoms with Crippen molar-refractivity contribution in [1.82, 2.24) is 4.90 Å². The highest BCUT2D eigenvalue weighted by molar-refractivity contribution is 6.31. The summed E-state index contributed by atoms with van der Waals surface area (Å²) in [5.41, 5.74) is 0.687. The number of carbonyl (C=O) groups is 1. The number of nitro groups is 1. The fraction of sp³-hybridized carbons (Fsp3) is 0.105. The molecule has 0 bridgehead atoms. The van der Waals surface area contributed by atoms with E-state index in [0.717, 1.165) is 16.3 Å². The van der Waals surface area contributed by atoms with Gasteiger partial charge in [-0.2, -0.15) is 0 Å². The van der Waals surface area contributed by atoms with Crippen LogP contribution in [-0.2, 0) is 6.54 Å². The van der Waals surface area contributed by atoms with E-state index in [-0.39, 0.29) is 16.3 Å². The van der Waals surface area contributed by atoms with Gasteiger partial charge in [0.1, 0.15) is 5.56 Å². The van der Waals surface area contributed by atoms with E-state index >= 15 is 0 Å². The van der Waals surface area contributed by atoms with Crippen LogP contribution in [0.25, 0.3) is 10.8 Å². The maximum atomic E-state index is 12.6. The molecule has 3 aromatic rings.